The van der Waals surface area contributed by atoms with Gasteiger partial charge in [-0.1, -0.05) is 50.4 Å². The molecule has 30 heavy (non-hydrogen) atoms. The maximum Gasteiger partial charge on any atom is 0.136 e. The van der Waals surface area contributed by atoms with E-state index in [1.165, 1.54) is 24.2 Å². The molecule has 2 heterocycles. The van der Waals surface area contributed by atoms with Crippen LogP contribution in [0.2, 0.25) is 5.02 Å². The number of aromatic nitrogens is 1. The molecule has 3 aromatic rings. The van der Waals surface area contributed by atoms with Gasteiger partial charge in [-0.3, -0.25) is 9.98 Å². The summed E-state index contributed by atoms with van der Waals surface area (Å²) in [6.07, 6.45) is 3.61. The number of nitrogens with zero attached hydrogens (tertiary/aromatic N) is 2. The van der Waals surface area contributed by atoms with Crippen molar-refractivity contribution in [2.75, 3.05) is 6.54 Å². The first-order valence-electron chi connectivity index (χ1n) is 10.2. The van der Waals surface area contributed by atoms with Crippen LogP contribution in [0, 0.1) is 6.92 Å². The fourth-order valence-corrected chi connectivity index (χ4v) is 3.95. The third-order valence-electron chi connectivity index (χ3n) is 4.48. The monoisotopic (exact) mass is 443 g/mol. The Balaban J connectivity index is 0.000000735. The Kier molecular flexibility index (Phi) is 9.50. The van der Waals surface area contributed by atoms with E-state index in [0.717, 1.165) is 32.1 Å². The zero-order valence-electron chi connectivity index (χ0n) is 18.0. The standard InChI is InChI=1S/C20H20ClN3OS.C4H10/c1-3-23-20(22)19-16(18(25)13-4-6-15(21)7-5-13)11-17(26-19)14-8-9-24-12(2)10-14;1-3-4-2/h4-11,18,25H,3H2,1-2H3,(H2,22,23);3-4H2,1-2H3. The number of aliphatic hydroxyl groups is 1. The minimum absolute atomic E-state index is 0.442. The molecule has 0 fully saturated rings. The second-order valence-corrected chi connectivity index (χ2v) is 8.38. The first-order valence-corrected chi connectivity index (χ1v) is 11.4. The Hall–Kier alpha value is -2.21. The summed E-state index contributed by atoms with van der Waals surface area (Å²) in [6, 6.07) is 13.1. The highest BCUT2D eigenvalue weighted by Gasteiger charge is 2.21. The number of thiophene rings is 1. The van der Waals surface area contributed by atoms with Crippen LogP contribution in [0.4, 0.5) is 0 Å². The summed E-state index contributed by atoms with van der Waals surface area (Å²) in [5.41, 5.74) is 9.67. The predicted molar refractivity (Wildman–Crippen MR) is 130 cm³/mol. The normalized spacial score (nSPS) is 12.3. The van der Waals surface area contributed by atoms with Gasteiger partial charge in [0.2, 0.25) is 0 Å². The lowest BCUT2D eigenvalue weighted by molar-refractivity contribution is 0.220. The minimum Gasteiger partial charge on any atom is -0.384 e. The van der Waals surface area contributed by atoms with E-state index in [-0.39, 0.29) is 0 Å². The van der Waals surface area contributed by atoms with Crippen LogP contribution in [0.15, 0.2) is 53.7 Å². The van der Waals surface area contributed by atoms with E-state index in [0.29, 0.717) is 17.4 Å². The average molecular weight is 444 g/mol. The molecule has 0 saturated heterocycles. The molecule has 0 aliphatic rings. The summed E-state index contributed by atoms with van der Waals surface area (Å²) in [6.45, 7) is 8.83. The molecule has 0 radical (unpaired) electrons. The van der Waals surface area contributed by atoms with Crippen molar-refractivity contribution in [3.05, 3.63) is 75.4 Å². The molecular formula is C24H30ClN3OS. The summed E-state index contributed by atoms with van der Waals surface area (Å²) in [5.74, 6) is 0.442. The van der Waals surface area contributed by atoms with Gasteiger partial charge in [-0.2, -0.15) is 0 Å². The van der Waals surface area contributed by atoms with Crippen LogP contribution in [-0.2, 0) is 0 Å². The number of halogens is 1. The zero-order valence-corrected chi connectivity index (χ0v) is 19.6. The van der Waals surface area contributed by atoms with Crippen molar-refractivity contribution in [1.29, 1.82) is 0 Å². The smallest absolute Gasteiger partial charge is 0.136 e. The third-order valence-corrected chi connectivity index (χ3v) is 5.96. The molecule has 160 valence electrons. The van der Waals surface area contributed by atoms with Crippen molar-refractivity contribution in [1.82, 2.24) is 4.98 Å². The van der Waals surface area contributed by atoms with E-state index in [4.69, 9.17) is 17.3 Å². The van der Waals surface area contributed by atoms with Gasteiger partial charge in [-0.15, -0.1) is 11.3 Å². The average Bonchev–Trinajstić information content (AvgIpc) is 3.20. The number of hydrogen-bond donors (Lipinski definition) is 2. The topological polar surface area (TPSA) is 71.5 Å². The Morgan fingerprint density at radius 3 is 2.37 bits per heavy atom. The van der Waals surface area contributed by atoms with Crippen molar-refractivity contribution in [2.45, 2.75) is 46.6 Å². The van der Waals surface area contributed by atoms with E-state index < -0.39 is 6.10 Å². The van der Waals surface area contributed by atoms with Crippen LogP contribution in [0.1, 0.15) is 61.4 Å². The fraction of sp³-hybridized carbons (Fsp3) is 0.333. The molecule has 1 unspecified atom stereocenters. The van der Waals surface area contributed by atoms with Crippen LogP contribution >= 0.6 is 22.9 Å². The lowest BCUT2D eigenvalue weighted by Gasteiger charge is -2.12. The van der Waals surface area contributed by atoms with Gasteiger partial charge in [0.05, 0.1) is 4.88 Å². The number of rotatable bonds is 6. The highest BCUT2D eigenvalue weighted by Crippen LogP contribution is 2.37. The van der Waals surface area contributed by atoms with Crippen molar-refractivity contribution in [3.63, 3.8) is 0 Å². The molecule has 1 aromatic carbocycles. The summed E-state index contributed by atoms with van der Waals surface area (Å²) < 4.78 is 0. The van der Waals surface area contributed by atoms with E-state index in [1.54, 1.807) is 18.3 Å². The first kappa shape index (κ1) is 24.1. The molecule has 3 rings (SSSR count). The molecule has 6 heteroatoms. The Morgan fingerprint density at radius 2 is 1.80 bits per heavy atom. The SMILES string of the molecule is CCCC.CCN=C(N)c1sc(-c2ccnc(C)c2)cc1C(O)c1ccc(Cl)cc1. The number of hydrogen-bond acceptors (Lipinski definition) is 4. The van der Waals surface area contributed by atoms with Gasteiger partial charge in [0.1, 0.15) is 11.9 Å². The van der Waals surface area contributed by atoms with E-state index >= 15 is 0 Å². The zero-order chi connectivity index (χ0) is 22.1. The maximum absolute atomic E-state index is 10.9. The quantitative estimate of drug-likeness (QED) is 0.342. The number of benzene rings is 1. The largest absolute Gasteiger partial charge is 0.384 e. The molecular weight excluding hydrogens is 414 g/mol. The number of unbranched alkanes of at least 4 members (excludes halogenated alkanes) is 1. The van der Waals surface area contributed by atoms with Crippen LogP contribution in [0.5, 0.6) is 0 Å². The molecule has 1 atom stereocenters. The molecule has 0 amide bonds. The van der Waals surface area contributed by atoms with Gasteiger partial charge in [0.15, 0.2) is 0 Å². The molecule has 0 spiro atoms. The second-order valence-electron chi connectivity index (χ2n) is 6.89. The van der Waals surface area contributed by atoms with Gasteiger partial charge in [0, 0.05) is 33.9 Å². The van der Waals surface area contributed by atoms with Gasteiger partial charge >= 0.3 is 0 Å². The van der Waals surface area contributed by atoms with Crippen LogP contribution < -0.4 is 5.73 Å². The molecule has 3 N–H and O–H groups in total. The van der Waals surface area contributed by atoms with Gasteiger partial charge in [-0.25, -0.2) is 0 Å². The molecule has 0 bridgehead atoms. The number of aryl methyl sites for hydroxylation is 1. The molecule has 0 aliphatic heterocycles. The van der Waals surface area contributed by atoms with Crippen LogP contribution in [0.3, 0.4) is 0 Å². The number of nitrogens with two attached hydrogens (primary N) is 1. The van der Waals surface area contributed by atoms with Crippen molar-refractivity contribution >= 4 is 28.8 Å². The van der Waals surface area contributed by atoms with Gasteiger partial charge in [0.25, 0.3) is 0 Å². The van der Waals surface area contributed by atoms with E-state index in [1.807, 2.05) is 44.2 Å². The van der Waals surface area contributed by atoms with E-state index in [2.05, 4.69) is 23.8 Å². The van der Waals surface area contributed by atoms with E-state index in [9.17, 15) is 5.11 Å². The molecule has 0 saturated carbocycles. The fourth-order valence-electron chi connectivity index (χ4n) is 2.72. The Bertz CT molecular complexity index is 965. The second kappa shape index (κ2) is 11.8. The van der Waals surface area contributed by atoms with Gasteiger partial charge < -0.3 is 10.8 Å². The summed E-state index contributed by atoms with van der Waals surface area (Å²) in [7, 11) is 0. The summed E-state index contributed by atoms with van der Waals surface area (Å²) >= 11 is 7.49. The predicted octanol–water partition coefficient (Wildman–Crippen LogP) is 6.39. The minimum atomic E-state index is -0.805. The maximum atomic E-state index is 10.9. The number of pyridine rings is 1. The number of amidine groups is 1. The molecule has 2 aromatic heterocycles. The third kappa shape index (κ3) is 6.39. The van der Waals surface area contributed by atoms with Crippen molar-refractivity contribution in [3.8, 4) is 10.4 Å². The summed E-state index contributed by atoms with van der Waals surface area (Å²) in [4.78, 5) is 10.4. The summed E-state index contributed by atoms with van der Waals surface area (Å²) in [5, 5.41) is 11.6. The number of aliphatic hydroxyl groups excluding tert-OH is 1. The number of aliphatic imine (C=N–C) groups is 1. The molecule has 0 aliphatic carbocycles. The van der Waals surface area contributed by atoms with Crippen LogP contribution in [-0.4, -0.2) is 22.5 Å². The van der Waals surface area contributed by atoms with Crippen molar-refractivity contribution in [2.24, 2.45) is 10.7 Å². The lowest BCUT2D eigenvalue weighted by atomic mass is 10.0. The Labute approximate surface area is 188 Å². The van der Waals surface area contributed by atoms with Crippen molar-refractivity contribution < 1.29 is 5.11 Å². The molecule has 4 nitrogen and oxygen atoms in total. The Morgan fingerprint density at radius 1 is 1.13 bits per heavy atom. The first-order chi connectivity index (χ1) is 14.4. The van der Waals surface area contributed by atoms with Gasteiger partial charge in [-0.05, 0) is 55.3 Å². The van der Waals surface area contributed by atoms with Crippen LogP contribution in [0.25, 0.3) is 10.4 Å². The lowest BCUT2D eigenvalue weighted by Crippen LogP contribution is -2.15. The highest BCUT2D eigenvalue weighted by molar-refractivity contribution is 7.17. The highest BCUT2D eigenvalue weighted by atomic mass is 35.5.